The third-order valence-corrected chi connectivity index (χ3v) is 4.66. The van der Waals surface area contributed by atoms with Crippen molar-refractivity contribution < 1.29 is 14.0 Å². The third kappa shape index (κ3) is 3.28. The Balaban J connectivity index is 2.17. The highest BCUT2D eigenvalue weighted by Crippen LogP contribution is 2.49. The van der Waals surface area contributed by atoms with E-state index in [1.165, 1.54) is 5.39 Å². The van der Waals surface area contributed by atoms with E-state index in [-0.39, 0.29) is 0 Å². The van der Waals surface area contributed by atoms with Crippen LogP contribution in [0.25, 0.3) is 21.9 Å². The Morgan fingerprint density at radius 1 is 0.913 bits per heavy atom. The van der Waals surface area contributed by atoms with E-state index in [0.29, 0.717) is 5.75 Å². The van der Waals surface area contributed by atoms with Gasteiger partial charge >= 0.3 is 6.95 Å². The van der Waals surface area contributed by atoms with E-state index < -0.39 is 6.95 Å². The zero-order chi connectivity index (χ0) is 16.6. The first-order valence-electron chi connectivity index (χ1n) is 7.17. The number of hydrogen-bond donors (Lipinski definition) is 1. The Hall–Kier alpha value is -1.80. The largest absolute Gasteiger partial charge is 0.474 e. The normalized spacial score (nSPS) is 13.7. The molecule has 0 bridgehead atoms. The van der Waals surface area contributed by atoms with Crippen molar-refractivity contribution >= 4 is 29.0 Å². The van der Waals surface area contributed by atoms with Gasteiger partial charge in [-0.1, -0.05) is 48.5 Å². The summed E-state index contributed by atoms with van der Waals surface area (Å²) in [5, 5.41) is 2.33. The van der Waals surface area contributed by atoms with Crippen LogP contribution in [-0.2, 0) is 4.57 Å². The van der Waals surface area contributed by atoms with Crippen LogP contribution in [0.3, 0.4) is 0 Å². The number of benzene rings is 3. The van der Waals surface area contributed by atoms with Crippen LogP contribution in [0.15, 0.2) is 54.6 Å². The van der Waals surface area contributed by atoms with Gasteiger partial charge in [-0.25, -0.2) is 4.57 Å². The van der Waals surface area contributed by atoms with E-state index in [9.17, 15) is 9.46 Å². The molecule has 0 fully saturated rings. The fourth-order valence-electron chi connectivity index (χ4n) is 2.77. The molecule has 1 atom stereocenters. The van der Waals surface area contributed by atoms with Crippen LogP contribution in [0, 0.1) is 13.8 Å². The molecule has 0 saturated carbocycles. The molecule has 0 aliphatic rings. The van der Waals surface area contributed by atoms with E-state index >= 15 is 0 Å². The summed E-state index contributed by atoms with van der Waals surface area (Å²) in [5.74, 6) is 0.326. The summed E-state index contributed by atoms with van der Waals surface area (Å²) < 4.78 is 16.2. The first-order chi connectivity index (χ1) is 10.9. The number of rotatable bonds is 3. The third-order valence-electron chi connectivity index (χ3n) is 4.03. The van der Waals surface area contributed by atoms with E-state index in [2.05, 4.69) is 24.3 Å². The summed E-state index contributed by atoms with van der Waals surface area (Å²) in [5.41, 5.74) is 3.97. The van der Waals surface area contributed by atoms with Crippen molar-refractivity contribution in [2.75, 3.05) is 0 Å². The van der Waals surface area contributed by atoms with Gasteiger partial charge in [0.15, 0.2) is 0 Å². The summed E-state index contributed by atoms with van der Waals surface area (Å²) in [7, 11) is 0. The minimum atomic E-state index is -4.09. The van der Waals surface area contributed by atoms with E-state index in [0.717, 1.165) is 27.6 Å². The maximum absolute atomic E-state index is 11.3. The van der Waals surface area contributed by atoms with Crippen LogP contribution in [0.2, 0.25) is 0 Å². The van der Waals surface area contributed by atoms with Gasteiger partial charge in [-0.05, 0) is 52.9 Å². The fraction of sp³-hybridized carbons (Fsp3) is 0.111. The van der Waals surface area contributed by atoms with Gasteiger partial charge in [-0.15, -0.1) is 0 Å². The standard InChI is InChI=1S/C18H16ClO3P/c1-12-13(2)18(22-23(19,20)21)11-10-15(12)17-9-5-7-14-6-3-4-8-16(14)17/h3-11H,1-2H3,(H,20,21). The molecule has 1 N–H and O–H groups in total. The molecule has 0 spiro atoms. The van der Waals surface area contributed by atoms with Crippen LogP contribution >= 0.6 is 18.2 Å². The molecule has 0 saturated heterocycles. The molecule has 0 aliphatic carbocycles. The monoisotopic (exact) mass is 346 g/mol. The molecule has 0 aliphatic heterocycles. The maximum Gasteiger partial charge on any atom is 0.474 e. The molecule has 3 nitrogen and oxygen atoms in total. The average Bonchev–Trinajstić information content (AvgIpc) is 2.51. The summed E-state index contributed by atoms with van der Waals surface area (Å²) in [6.45, 7) is -0.267. The van der Waals surface area contributed by atoms with Gasteiger partial charge in [-0.3, -0.25) is 0 Å². The lowest BCUT2D eigenvalue weighted by Crippen LogP contribution is -1.94. The molecule has 118 valence electrons. The quantitative estimate of drug-likeness (QED) is 0.606. The molecule has 1 unspecified atom stereocenters. The summed E-state index contributed by atoms with van der Waals surface area (Å²) in [4.78, 5) is 9.21. The highest BCUT2D eigenvalue weighted by molar-refractivity contribution is 7.80. The molecule has 3 aromatic rings. The zero-order valence-corrected chi connectivity index (χ0v) is 14.4. The Morgan fingerprint density at radius 2 is 1.61 bits per heavy atom. The first-order valence-corrected chi connectivity index (χ1v) is 9.65. The molecule has 3 aromatic carbocycles. The molecule has 0 aromatic heterocycles. The second kappa shape index (κ2) is 6.01. The van der Waals surface area contributed by atoms with E-state index in [4.69, 9.17) is 15.8 Å². The molecule has 3 rings (SSSR count). The lowest BCUT2D eigenvalue weighted by molar-refractivity contribution is 0.399. The Kier molecular flexibility index (Phi) is 4.20. The van der Waals surface area contributed by atoms with Crippen molar-refractivity contribution in [2.24, 2.45) is 0 Å². The molecular formula is C18H16ClO3P. The van der Waals surface area contributed by atoms with Crippen molar-refractivity contribution in [3.05, 3.63) is 65.7 Å². The second-order valence-corrected chi connectivity index (χ2v) is 7.80. The molecular weight excluding hydrogens is 331 g/mol. The van der Waals surface area contributed by atoms with Crippen LogP contribution < -0.4 is 4.52 Å². The minimum absolute atomic E-state index is 0.326. The highest BCUT2D eigenvalue weighted by atomic mass is 35.7. The molecule has 0 radical (unpaired) electrons. The Labute approximate surface area is 139 Å². The Bertz CT molecular complexity index is 925. The van der Waals surface area contributed by atoms with Gasteiger partial charge in [0, 0.05) is 11.2 Å². The second-order valence-electron chi connectivity index (χ2n) is 5.43. The predicted octanol–water partition coefficient (Wildman–Crippen LogP) is 5.84. The average molecular weight is 347 g/mol. The topological polar surface area (TPSA) is 46.5 Å². The SMILES string of the molecule is Cc1c(OP(=O)(O)Cl)ccc(-c2cccc3ccccc23)c1C. The highest BCUT2D eigenvalue weighted by Gasteiger charge is 2.19. The lowest BCUT2D eigenvalue weighted by atomic mass is 9.93. The Morgan fingerprint density at radius 3 is 2.35 bits per heavy atom. The molecule has 0 amide bonds. The first kappa shape index (κ1) is 16.1. The van der Waals surface area contributed by atoms with Crippen LogP contribution in [0.5, 0.6) is 5.75 Å². The minimum Gasteiger partial charge on any atom is -0.413 e. The van der Waals surface area contributed by atoms with Gasteiger partial charge < -0.3 is 9.42 Å². The van der Waals surface area contributed by atoms with Gasteiger partial charge in [0.2, 0.25) is 0 Å². The molecule has 5 heteroatoms. The predicted molar refractivity (Wildman–Crippen MR) is 95.2 cm³/mol. The van der Waals surface area contributed by atoms with Crippen LogP contribution in [-0.4, -0.2) is 4.89 Å². The van der Waals surface area contributed by atoms with Crippen molar-refractivity contribution in [2.45, 2.75) is 13.8 Å². The van der Waals surface area contributed by atoms with E-state index in [1.807, 2.05) is 38.1 Å². The lowest BCUT2D eigenvalue weighted by Gasteiger charge is -2.16. The van der Waals surface area contributed by atoms with Crippen molar-refractivity contribution in [3.8, 4) is 16.9 Å². The van der Waals surface area contributed by atoms with E-state index in [1.54, 1.807) is 6.07 Å². The zero-order valence-electron chi connectivity index (χ0n) is 12.8. The maximum atomic E-state index is 11.3. The van der Waals surface area contributed by atoms with Gasteiger partial charge in [0.1, 0.15) is 5.75 Å². The fourth-order valence-corrected chi connectivity index (χ4v) is 3.43. The van der Waals surface area contributed by atoms with Crippen LogP contribution in [0.4, 0.5) is 0 Å². The van der Waals surface area contributed by atoms with Gasteiger partial charge in [0.05, 0.1) is 0 Å². The summed E-state index contributed by atoms with van der Waals surface area (Å²) >= 11 is 5.32. The van der Waals surface area contributed by atoms with Crippen molar-refractivity contribution in [1.29, 1.82) is 0 Å². The van der Waals surface area contributed by atoms with Crippen molar-refractivity contribution in [1.82, 2.24) is 0 Å². The summed E-state index contributed by atoms with van der Waals surface area (Å²) in [6, 6.07) is 17.9. The molecule has 0 heterocycles. The van der Waals surface area contributed by atoms with Crippen molar-refractivity contribution in [3.63, 3.8) is 0 Å². The number of hydrogen-bond acceptors (Lipinski definition) is 2. The van der Waals surface area contributed by atoms with Gasteiger partial charge in [0.25, 0.3) is 0 Å². The number of fused-ring (bicyclic) bond motifs is 1. The smallest absolute Gasteiger partial charge is 0.413 e. The number of halogens is 1. The van der Waals surface area contributed by atoms with Crippen LogP contribution in [0.1, 0.15) is 11.1 Å². The van der Waals surface area contributed by atoms with Gasteiger partial charge in [-0.2, -0.15) is 0 Å². The summed E-state index contributed by atoms with van der Waals surface area (Å²) in [6.07, 6.45) is 0. The molecule has 23 heavy (non-hydrogen) atoms.